The van der Waals surface area contributed by atoms with Gasteiger partial charge in [-0.2, -0.15) is 0 Å². The van der Waals surface area contributed by atoms with Crippen LogP contribution in [0, 0.1) is 5.92 Å². The molecule has 1 saturated heterocycles. The number of aromatic hydroxyl groups is 1. The molecule has 1 spiro atoms. The van der Waals surface area contributed by atoms with E-state index in [1.807, 2.05) is 6.08 Å². The molecule has 1 aromatic carbocycles. The van der Waals surface area contributed by atoms with E-state index in [-0.39, 0.29) is 17.3 Å². The molecule has 2 bridgehead atoms. The number of likely N-dealkylation sites (tertiary alicyclic amines) is 1. The number of hydrogen-bond donors (Lipinski definition) is 2. The highest BCUT2D eigenvalue weighted by Gasteiger charge is 2.67. The van der Waals surface area contributed by atoms with Crippen molar-refractivity contribution in [2.45, 2.75) is 36.5 Å². The van der Waals surface area contributed by atoms with Gasteiger partial charge >= 0.3 is 0 Å². The summed E-state index contributed by atoms with van der Waals surface area (Å²) in [4.78, 5) is 0. The molecular weight excluding hydrogens is 278 g/mol. The second-order valence-corrected chi connectivity index (χ2v) is 7.95. The second-order valence-electron chi connectivity index (χ2n) is 7.95. The molecule has 4 aliphatic rings. The van der Waals surface area contributed by atoms with Crippen molar-refractivity contribution in [2.75, 3.05) is 20.6 Å². The van der Waals surface area contributed by atoms with Crippen LogP contribution in [0.4, 0.5) is 0 Å². The number of likely N-dealkylation sites (N-methyl/N-ethyl adjacent to an activating group) is 1. The van der Waals surface area contributed by atoms with Crippen LogP contribution in [0.15, 0.2) is 24.3 Å². The lowest BCUT2D eigenvalue weighted by molar-refractivity contribution is -0.926. The molecule has 1 aromatic rings. The van der Waals surface area contributed by atoms with E-state index in [0.29, 0.717) is 17.7 Å². The molecule has 0 amide bonds. The van der Waals surface area contributed by atoms with Crippen molar-refractivity contribution in [1.29, 1.82) is 0 Å². The maximum absolute atomic E-state index is 10.5. The summed E-state index contributed by atoms with van der Waals surface area (Å²) in [5.41, 5.74) is 2.32. The second kappa shape index (κ2) is 3.69. The molecule has 4 nitrogen and oxygen atoms in total. The number of quaternary nitrogens is 1. The molecular formula is C18H22NO3+. The molecule has 2 aliphatic carbocycles. The van der Waals surface area contributed by atoms with Crippen LogP contribution in [0.25, 0.3) is 0 Å². The Labute approximate surface area is 130 Å². The molecule has 0 radical (unpaired) electrons. The van der Waals surface area contributed by atoms with Crippen LogP contribution in [-0.4, -0.2) is 53.6 Å². The SMILES string of the molecule is C[N+]1(C)CC[C@]23c4c5ccc(O)c4OC2C(O)C=C[C@H]3[C@H]1C5. The van der Waals surface area contributed by atoms with E-state index < -0.39 is 6.10 Å². The van der Waals surface area contributed by atoms with Crippen molar-refractivity contribution in [3.05, 3.63) is 35.4 Å². The van der Waals surface area contributed by atoms with E-state index >= 15 is 0 Å². The summed E-state index contributed by atoms with van der Waals surface area (Å²) in [5, 5.41) is 20.8. The lowest BCUT2D eigenvalue weighted by Gasteiger charge is -2.58. The highest BCUT2D eigenvalue weighted by Crippen LogP contribution is 2.63. The molecule has 0 saturated carbocycles. The Bertz CT molecular complexity index is 711. The van der Waals surface area contributed by atoms with Gasteiger partial charge in [-0.3, -0.25) is 0 Å². The van der Waals surface area contributed by atoms with Gasteiger partial charge in [0.25, 0.3) is 0 Å². The first-order valence-corrected chi connectivity index (χ1v) is 8.16. The fourth-order valence-corrected chi connectivity index (χ4v) is 5.60. The number of aliphatic hydroxyl groups is 1. The summed E-state index contributed by atoms with van der Waals surface area (Å²) in [6.07, 6.45) is 5.28. The van der Waals surface area contributed by atoms with Crippen molar-refractivity contribution in [2.24, 2.45) is 5.92 Å². The van der Waals surface area contributed by atoms with Crippen molar-refractivity contribution in [3.63, 3.8) is 0 Å². The Kier molecular flexibility index (Phi) is 2.17. The van der Waals surface area contributed by atoms with E-state index in [0.717, 1.165) is 23.9 Å². The van der Waals surface area contributed by atoms with Crippen LogP contribution in [0.3, 0.4) is 0 Å². The number of ether oxygens (including phenoxy) is 1. The Morgan fingerprint density at radius 3 is 2.91 bits per heavy atom. The monoisotopic (exact) mass is 300 g/mol. The maximum Gasteiger partial charge on any atom is 0.165 e. The lowest BCUT2D eigenvalue weighted by Crippen LogP contribution is -2.70. The smallest absolute Gasteiger partial charge is 0.165 e. The molecule has 1 fully saturated rings. The fraction of sp³-hybridized carbons (Fsp3) is 0.556. The largest absolute Gasteiger partial charge is 0.504 e. The number of aliphatic hydroxyl groups excluding tert-OH is 1. The predicted octanol–water partition coefficient (Wildman–Crippen LogP) is 1.34. The molecule has 2 heterocycles. The van der Waals surface area contributed by atoms with Gasteiger partial charge in [-0.15, -0.1) is 0 Å². The zero-order valence-corrected chi connectivity index (χ0v) is 13.0. The number of phenolic OH excluding ortho intramolecular Hbond substituents is 1. The third-order valence-electron chi connectivity index (χ3n) is 6.70. The van der Waals surface area contributed by atoms with E-state index in [9.17, 15) is 10.2 Å². The molecule has 116 valence electrons. The molecule has 5 atom stereocenters. The zero-order valence-electron chi connectivity index (χ0n) is 13.0. The predicted molar refractivity (Wildman–Crippen MR) is 81.9 cm³/mol. The molecule has 2 N–H and O–H groups in total. The first kappa shape index (κ1) is 13.0. The van der Waals surface area contributed by atoms with Crippen molar-refractivity contribution >= 4 is 0 Å². The minimum absolute atomic E-state index is 0.158. The van der Waals surface area contributed by atoms with E-state index in [1.54, 1.807) is 6.07 Å². The van der Waals surface area contributed by atoms with Crippen LogP contribution in [0.2, 0.25) is 0 Å². The minimum atomic E-state index is -0.594. The van der Waals surface area contributed by atoms with Crippen LogP contribution in [0.5, 0.6) is 11.5 Å². The number of piperidine rings is 1. The summed E-state index contributed by atoms with van der Waals surface area (Å²) in [5.74, 6) is 1.22. The highest BCUT2D eigenvalue weighted by molar-refractivity contribution is 5.61. The number of rotatable bonds is 0. The molecule has 4 heteroatoms. The zero-order chi connectivity index (χ0) is 15.3. The van der Waals surface area contributed by atoms with Crippen molar-refractivity contribution in [1.82, 2.24) is 0 Å². The average Bonchev–Trinajstić information content (AvgIpc) is 2.84. The van der Waals surface area contributed by atoms with E-state index in [4.69, 9.17) is 4.74 Å². The van der Waals surface area contributed by atoms with Crippen molar-refractivity contribution < 1.29 is 19.4 Å². The number of benzene rings is 1. The van der Waals surface area contributed by atoms with Gasteiger partial charge in [0.1, 0.15) is 18.2 Å². The van der Waals surface area contributed by atoms with Gasteiger partial charge in [-0.25, -0.2) is 0 Å². The average molecular weight is 300 g/mol. The van der Waals surface area contributed by atoms with Gasteiger partial charge in [0.05, 0.1) is 26.1 Å². The maximum atomic E-state index is 10.5. The van der Waals surface area contributed by atoms with Gasteiger partial charge in [0, 0.05) is 24.3 Å². The summed E-state index contributed by atoms with van der Waals surface area (Å²) in [7, 11) is 4.63. The van der Waals surface area contributed by atoms with E-state index in [2.05, 4.69) is 26.2 Å². The van der Waals surface area contributed by atoms with Gasteiger partial charge < -0.3 is 19.4 Å². The number of nitrogens with zero attached hydrogens (tertiary/aromatic N) is 1. The fourth-order valence-electron chi connectivity index (χ4n) is 5.60. The normalized spacial score (nSPS) is 42.7. The Morgan fingerprint density at radius 1 is 1.27 bits per heavy atom. The van der Waals surface area contributed by atoms with E-state index in [1.165, 1.54) is 11.1 Å². The van der Waals surface area contributed by atoms with Gasteiger partial charge in [0.2, 0.25) is 0 Å². The summed E-state index contributed by atoms with van der Waals surface area (Å²) in [6, 6.07) is 4.31. The summed E-state index contributed by atoms with van der Waals surface area (Å²) >= 11 is 0. The first-order chi connectivity index (χ1) is 10.4. The quantitative estimate of drug-likeness (QED) is 0.561. The van der Waals surface area contributed by atoms with Crippen LogP contribution < -0.4 is 4.74 Å². The Hall–Kier alpha value is -1.52. The molecule has 2 aliphatic heterocycles. The highest BCUT2D eigenvalue weighted by atomic mass is 16.5. The standard InChI is InChI=1S/C18H21NO3/c1-19(2)8-7-18-11-4-6-14(21)17(18)22-16-13(20)5-3-10(15(16)18)9-12(11)19/h3-6,11-12,14,17,21H,7-9H2,1-2H3/p+1/t11-,12+,14?,17?,18-/m0/s1. The summed E-state index contributed by atoms with van der Waals surface area (Å²) < 4.78 is 7.14. The molecule has 5 rings (SSSR count). The minimum Gasteiger partial charge on any atom is -0.504 e. The van der Waals surface area contributed by atoms with Crippen LogP contribution in [0.1, 0.15) is 17.5 Å². The van der Waals surface area contributed by atoms with Crippen LogP contribution in [-0.2, 0) is 11.8 Å². The number of hydrogen-bond acceptors (Lipinski definition) is 3. The topological polar surface area (TPSA) is 49.7 Å². The molecule has 2 unspecified atom stereocenters. The number of phenols is 1. The Morgan fingerprint density at radius 2 is 2.09 bits per heavy atom. The Balaban J connectivity index is 1.84. The first-order valence-electron chi connectivity index (χ1n) is 8.16. The third kappa shape index (κ3) is 1.24. The molecule has 0 aromatic heterocycles. The van der Waals surface area contributed by atoms with Crippen LogP contribution >= 0.6 is 0 Å². The van der Waals surface area contributed by atoms with Gasteiger partial charge in [-0.1, -0.05) is 18.2 Å². The van der Waals surface area contributed by atoms with Crippen molar-refractivity contribution in [3.8, 4) is 11.5 Å². The third-order valence-corrected chi connectivity index (χ3v) is 6.70. The van der Waals surface area contributed by atoms with Gasteiger partial charge in [0.15, 0.2) is 11.5 Å². The lowest BCUT2D eigenvalue weighted by atomic mass is 9.53. The van der Waals surface area contributed by atoms with Gasteiger partial charge in [-0.05, 0) is 11.6 Å². The molecule has 22 heavy (non-hydrogen) atoms. The summed E-state index contributed by atoms with van der Waals surface area (Å²) in [6.45, 7) is 1.08.